The molecule has 0 aromatic carbocycles. The van der Waals surface area contributed by atoms with Crippen LogP contribution in [0.5, 0.6) is 0 Å². The van der Waals surface area contributed by atoms with Gasteiger partial charge in [-0.3, -0.25) is 4.84 Å². The Kier molecular flexibility index (Phi) is 4.97. The standard InChI is InChI=1S/C7H12N2O2S3/c1-4-12-5(2)14-7(13-4)9-11-6(10)8-3/h4-5H,1-3H3,(H,8,10). The molecule has 1 amide bonds. The third-order valence-corrected chi connectivity index (χ3v) is 5.13. The number of nitrogens with one attached hydrogen (secondary N) is 1. The molecule has 0 aromatic rings. The van der Waals surface area contributed by atoms with E-state index in [9.17, 15) is 4.79 Å². The Morgan fingerprint density at radius 2 is 2.00 bits per heavy atom. The molecular formula is C7H12N2O2S3. The summed E-state index contributed by atoms with van der Waals surface area (Å²) in [6, 6.07) is 0. The molecule has 80 valence electrons. The van der Waals surface area contributed by atoms with E-state index in [-0.39, 0.29) is 0 Å². The van der Waals surface area contributed by atoms with Gasteiger partial charge in [-0.2, -0.15) is 0 Å². The zero-order valence-corrected chi connectivity index (χ0v) is 10.6. The SMILES string of the molecule is CNC(=O)ON=C1SC(C)SC(C)S1. The summed E-state index contributed by atoms with van der Waals surface area (Å²) in [6.45, 7) is 4.22. The quantitative estimate of drug-likeness (QED) is 0.574. The molecule has 2 atom stereocenters. The van der Waals surface area contributed by atoms with Crippen LogP contribution >= 0.6 is 35.3 Å². The lowest BCUT2D eigenvalue weighted by Gasteiger charge is -2.22. The molecule has 1 N–H and O–H groups in total. The fourth-order valence-electron chi connectivity index (χ4n) is 0.805. The Morgan fingerprint density at radius 3 is 2.50 bits per heavy atom. The first-order valence-corrected chi connectivity index (χ1v) is 6.77. The predicted octanol–water partition coefficient (Wildman–Crippen LogP) is 2.52. The molecule has 4 nitrogen and oxygen atoms in total. The van der Waals surface area contributed by atoms with Crippen LogP contribution in [0.1, 0.15) is 13.8 Å². The maximum Gasteiger partial charge on any atom is 0.433 e. The summed E-state index contributed by atoms with van der Waals surface area (Å²) in [4.78, 5) is 15.4. The zero-order chi connectivity index (χ0) is 10.6. The number of hydrogen-bond donors (Lipinski definition) is 1. The van der Waals surface area contributed by atoms with Crippen LogP contribution in [0.15, 0.2) is 5.16 Å². The number of carbonyl (C=O) groups is 1. The smallest absolute Gasteiger partial charge is 0.323 e. The van der Waals surface area contributed by atoms with Crippen molar-refractivity contribution < 1.29 is 9.63 Å². The first-order valence-electron chi connectivity index (χ1n) is 4.07. The highest BCUT2D eigenvalue weighted by molar-refractivity contribution is 8.48. The van der Waals surface area contributed by atoms with E-state index in [1.165, 1.54) is 7.05 Å². The molecule has 1 aliphatic rings. The molecular weight excluding hydrogens is 240 g/mol. The summed E-state index contributed by atoms with van der Waals surface area (Å²) < 4.78 is 1.73. The second kappa shape index (κ2) is 5.77. The fourth-order valence-corrected chi connectivity index (χ4v) is 5.73. The average Bonchev–Trinajstić information content (AvgIpc) is 2.12. The van der Waals surface area contributed by atoms with Crippen LogP contribution in [0.4, 0.5) is 4.79 Å². The third-order valence-electron chi connectivity index (χ3n) is 1.32. The molecule has 0 spiro atoms. The average molecular weight is 252 g/mol. The van der Waals surface area contributed by atoms with E-state index in [0.717, 1.165) is 4.38 Å². The fraction of sp³-hybridized carbons (Fsp3) is 0.714. The van der Waals surface area contributed by atoms with Crippen molar-refractivity contribution in [1.29, 1.82) is 0 Å². The van der Waals surface area contributed by atoms with Crippen molar-refractivity contribution in [1.82, 2.24) is 5.32 Å². The Balaban J connectivity index is 2.46. The van der Waals surface area contributed by atoms with Gasteiger partial charge in [0.05, 0.1) is 9.16 Å². The minimum absolute atomic E-state index is 0.457. The lowest BCUT2D eigenvalue weighted by Crippen LogP contribution is -2.18. The highest BCUT2D eigenvalue weighted by atomic mass is 32.3. The predicted molar refractivity (Wildman–Crippen MR) is 64.7 cm³/mol. The summed E-state index contributed by atoms with van der Waals surface area (Å²) >= 11 is 5.10. The normalized spacial score (nSPS) is 26.9. The van der Waals surface area contributed by atoms with Crippen LogP contribution in [-0.4, -0.2) is 26.7 Å². The van der Waals surface area contributed by atoms with Gasteiger partial charge in [-0.1, -0.05) is 28.7 Å². The Hall–Kier alpha value is -0.0100. The highest BCUT2D eigenvalue weighted by Gasteiger charge is 2.22. The van der Waals surface area contributed by atoms with E-state index < -0.39 is 6.09 Å². The molecule has 0 saturated carbocycles. The van der Waals surface area contributed by atoms with E-state index in [1.54, 1.807) is 23.5 Å². The van der Waals surface area contributed by atoms with Crippen molar-refractivity contribution in [3.63, 3.8) is 0 Å². The van der Waals surface area contributed by atoms with Gasteiger partial charge in [0.15, 0.2) is 4.38 Å². The molecule has 2 unspecified atom stereocenters. The third kappa shape index (κ3) is 4.02. The van der Waals surface area contributed by atoms with Gasteiger partial charge in [-0.15, -0.1) is 11.8 Å². The molecule has 0 aliphatic carbocycles. The Labute approximate surface area is 96.0 Å². The van der Waals surface area contributed by atoms with Gasteiger partial charge in [-0.05, 0) is 13.8 Å². The van der Waals surface area contributed by atoms with Crippen LogP contribution in [0.2, 0.25) is 0 Å². The lowest BCUT2D eigenvalue weighted by atomic mass is 10.9. The van der Waals surface area contributed by atoms with Crippen molar-refractivity contribution in [2.45, 2.75) is 23.0 Å². The number of carbonyl (C=O) groups excluding carboxylic acids is 1. The summed E-state index contributed by atoms with van der Waals surface area (Å²) in [5.41, 5.74) is 0. The van der Waals surface area contributed by atoms with Crippen molar-refractivity contribution in [3.8, 4) is 0 Å². The van der Waals surface area contributed by atoms with E-state index in [4.69, 9.17) is 0 Å². The molecule has 1 aliphatic heterocycles. The molecule has 1 rings (SSSR count). The monoisotopic (exact) mass is 252 g/mol. The molecule has 0 radical (unpaired) electrons. The van der Waals surface area contributed by atoms with Gasteiger partial charge in [0, 0.05) is 7.05 Å². The lowest BCUT2D eigenvalue weighted by molar-refractivity contribution is 0.154. The zero-order valence-electron chi connectivity index (χ0n) is 8.14. The molecule has 7 heteroatoms. The van der Waals surface area contributed by atoms with Gasteiger partial charge in [0.2, 0.25) is 0 Å². The van der Waals surface area contributed by atoms with E-state index >= 15 is 0 Å². The number of thioether (sulfide) groups is 3. The first-order chi connectivity index (χ1) is 6.61. The van der Waals surface area contributed by atoms with Gasteiger partial charge >= 0.3 is 6.09 Å². The number of oxime groups is 1. The molecule has 1 heterocycles. The van der Waals surface area contributed by atoms with Crippen LogP contribution in [0, 0.1) is 0 Å². The van der Waals surface area contributed by atoms with Crippen molar-refractivity contribution >= 4 is 45.8 Å². The molecule has 0 aromatic heterocycles. The summed E-state index contributed by atoms with van der Waals surface area (Å²) in [6.07, 6.45) is -0.530. The number of amides is 1. The highest BCUT2D eigenvalue weighted by Crippen LogP contribution is 2.43. The first kappa shape index (κ1) is 12.1. The summed E-state index contributed by atoms with van der Waals surface area (Å²) in [7, 11) is 1.50. The van der Waals surface area contributed by atoms with Crippen LogP contribution < -0.4 is 5.32 Å². The van der Waals surface area contributed by atoms with Gasteiger partial charge in [-0.25, -0.2) is 4.79 Å². The van der Waals surface area contributed by atoms with Crippen LogP contribution in [0.25, 0.3) is 0 Å². The van der Waals surface area contributed by atoms with E-state index in [1.807, 2.05) is 11.8 Å². The summed E-state index contributed by atoms with van der Waals surface area (Å²) in [5, 5.41) is 6.11. The molecule has 14 heavy (non-hydrogen) atoms. The van der Waals surface area contributed by atoms with E-state index in [2.05, 4.69) is 29.2 Å². The Bertz CT molecular complexity index is 235. The Morgan fingerprint density at radius 1 is 1.43 bits per heavy atom. The van der Waals surface area contributed by atoms with Gasteiger partial charge < -0.3 is 5.32 Å². The number of rotatable bonds is 1. The van der Waals surface area contributed by atoms with Crippen molar-refractivity contribution in [3.05, 3.63) is 0 Å². The largest absolute Gasteiger partial charge is 0.433 e. The van der Waals surface area contributed by atoms with Gasteiger partial charge in [0.25, 0.3) is 0 Å². The van der Waals surface area contributed by atoms with Crippen LogP contribution in [0.3, 0.4) is 0 Å². The van der Waals surface area contributed by atoms with Crippen molar-refractivity contribution in [2.75, 3.05) is 7.05 Å². The minimum Gasteiger partial charge on any atom is -0.323 e. The second-order valence-electron chi connectivity index (χ2n) is 2.49. The van der Waals surface area contributed by atoms with Crippen molar-refractivity contribution in [2.24, 2.45) is 5.16 Å². The number of hydrogen-bond acceptors (Lipinski definition) is 6. The molecule has 0 bridgehead atoms. The van der Waals surface area contributed by atoms with Crippen LogP contribution in [-0.2, 0) is 4.84 Å². The summed E-state index contributed by atoms with van der Waals surface area (Å²) in [5.74, 6) is 0. The van der Waals surface area contributed by atoms with Gasteiger partial charge in [0.1, 0.15) is 0 Å². The molecule has 1 fully saturated rings. The topological polar surface area (TPSA) is 50.7 Å². The number of nitrogens with zero attached hydrogens (tertiary/aromatic N) is 1. The maximum atomic E-state index is 10.8. The maximum absolute atomic E-state index is 10.8. The second-order valence-corrected chi connectivity index (χ2v) is 7.69. The minimum atomic E-state index is -0.530. The molecule has 1 saturated heterocycles. The van der Waals surface area contributed by atoms with E-state index in [0.29, 0.717) is 9.16 Å².